The predicted molar refractivity (Wildman–Crippen MR) is 74.2 cm³/mol. The van der Waals surface area contributed by atoms with Gasteiger partial charge in [-0.2, -0.15) is 5.10 Å². The summed E-state index contributed by atoms with van der Waals surface area (Å²) in [4.78, 5) is 11.1. The molecule has 0 aliphatic heterocycles. The van der Waals surface area contributed by atoms with Crippen molar-refractivity contribution in [2.24, 2.45) is 5.92 Å². The van der Waals surface area contributed by atoms with Crippen molar-refractivity contribution in [2.75, 3.05) is 0 Å². The summed E-state index contributed by atoms with van der Waals surface area (Å²) in [5.74, 6) is -0.367. The van der Waals surface area contributed by atoms with Gasteiger partial charge in [-0.05, 0) is 30.0 Å². The van der Waals surface area contributed by atoms with E-state index in [2.05, 4.69) is 18.9 Å². The van der Waals surface area contributed by atoms with Gasteiger partial charge in [-0.3, -0.25) is 4.68 Å². The largest absolute Gasteiger partial charge is 0.478 e. The third-order valence-corrected chi connectivity index (χ3v) is 3.06. The highest BCUT2D eigenvalue weighted by Crippen LogP contribution is 2.25. The zero-order valence-corrected chi connectivity index (χ0v) is 11.4. The second-order valence-electron chi connectivity index (χ2n) is 5.13. The third-order valence-electron chi connectivity index (χ3n) is 3.06. The number of nitrogens with zero attached hydrogens (tertiary/aromatic N) is 2. The molecule has 1 heterocycles. The summed E-state index contributed by atoms with van der Waals surface area (Å²) >= 11 is 0. The number of carboxylic acid groups (broad SMARTS) is 1. The van der Waals surface area contributed by atoms with Gasteiger partial charge in [-0.25, -0.2) is 4.79 Å². The first-order valence-electron chi connectivity index (χ1n) is 6.34. The fraction of sp³-hybridized carbons (Fsp3) is 0.333. The van der Waals surface area contributed by atoms with E-state index in [4.69, 9.17) is 5.11 Å². The van der Waals surface area contributed by atoms with Crippen LogP contribution in [0.3, 0.4) is 0 Å². The number of rotatable bonds is 4. The third kappa shape index (κ3) is 2.84. The Bertz CT molecular complexity index is 600. The van der Waals surface area contributed by atoms with Crippen molar-refractivity contribution in [3.8, 4) is 11.1 Å². The molecule has 1 aromatic heterocycles. The summed E-state index contributed by atoms with van der Waals surface area (Å²) in [5, 5.41) is 13.5. The summed E-state index contributed by atoms with van der Waals surface area (Å²) in [6.07, 6.45) is 3.75. The molecule has 0 spiro atoms. The molecular formula is C15H18N2O2. The van der Waals surface area contributed by atoms with Crippen LogP contribution in [0.25, 0.3) is 11.1 Å². The Balaban J connectivity index is 2.39. The molecule has 0 unspecified atom stereocenters. The molecule has 0 fully saturated rings. The molecule has 0 saturated heterocycles. The van der Waals surface area contributed by atoms with E-state index in [0.29, 0.717) is 11.5 Å². The topological polar surface area (TPSA) is 55.1 Å². The van der Waals surface area contributed by atoms with Crippen molar-refractivity contribution in [1.29, 1.82) is 0 Å². The molecule has 4 nitrogen and oxygen atoms in total. The molecule has 2 rings (SSSR count). The van der Waals surface area contributed by atoms with Crippen LogP contribution in [0.1, 0.15) is 29.8 Å². The molecule has 0 aliphatic rings. The molecule has 0 amide bonds. The second kappa shape index (κ2) is 5.26. The molecule has 0 bridgehead atoms. The van der Waals surface area contributed by atoms with Crippen LogP contribution in [-0.4, -0.2) is 20.9 Å². The van der Waals surface area contributed by atoms with Crippen LogP contribution in [0.5, 0.6) is 0 Å². The molecule has 1 aromatic carbocycles. The van der Waals surface area contributed by atoms with Crippen LogP contribution in [0.15, 0.2) is 30.6 Å². The molecule has 100 valence electrons. The highest BCUT2D eigenvalue weighted by atomic mass is 16.4. The lowest BCUT2D eigenvalue weighted by atomic mass is 9.99. The SMILES string of the molecule is Cc1c(C(=O)O)cccc1-c1cnn(CC(C)C)c1. The van der Waals surface area contributed by atoms with Crippen molar-refractivity contribution < 1.29 is 9.90 Å². The average Bonchev–Trinajstić information content (AvgIpc) is 2.76. The van der Waals surface area contributed by atoms with E-state index in [1.165, 1.54) is 0 Å². The van der Waals surface area contributed by atoms with E-state index in [9.17, 15) is 4.79 Å². The van der Waals surface area contributed by atoms with Crippen LogP contribution in [0.4, 0.5) is 0 Å². The Morgan fingerprint density at radius 2 is 2.16 bits per heavy atom. The first-order valence-corrected chi connectivity index (χ1v) is 6.34. The normalized spacial score (nSPS) is 10.9. The summed E-state index contributed by atoms with van der Waals surface area (Å²) in [6.45, 7) is 6.96. The maximum atomic E-state index is 11.1. The quantitative estimate of drug-likeness (QED) is 0.916. The summed E-state index contributed by atoms with van der Waals surface area (Å²) < 4.78 is 1.90. The molecular weight excluding hydrogens is 240 g/mol. The van der Waals surface area contributed by atoms with Crippen molar-refractivity contribution >= 4 is 5.97 Å². The van der Waals surface area contributed by atoms with Crippen molar-refractivity contribution in [1.82, 2.24) is 9.78 Å². The summed E-state index contributed by atoms with van der Waals surface area (Å²) in [5.41, 5.74) is 3.00. The number of aromatic nitrogens is 2. The standard InChI is InChI=1S/C15H18N2O2/c1-10(2)8-17-9-12(7-16-17)13-5-4-6-14(11(13)3)15(18)19/h4-7,9-10H,8H2,1-3H3,(H,18,19). The van der Waals surface area contributed by atoms with E-state index in [1.54, 1.807) is 18.3 Å². The first kappa shape index (κ1) is 13.3. The van der Waals surface area contributed by atoms with Gasteiger partial charge in [0.1, 0.15) is 0 Å². The van der Waals surface area contributed by atoms with Crippen LogP contribution < -0.4 is 0 Å². The van der Waals surface area contributed by atoms with Gasteiger partial charge in [0.15, 0.2) is 0 Å². The average molecular weight is 258 g/mol. The molecule has 2 aromatic rings. The van der Waals surface area contributed by atoms with Gasteiger partial charge in [-0.15, -0.1) is 0 Å². The van der Waals surface area contributed by atoms with Crippen molar-refractivity contribution in [2.45, 2.75) is 27.3 Å². The number of hydrogen-bond acceptors (Lipinski definition) is 2. The van der Waals surface area contributed by atoms with E-state index >= 15 is 0 Å². The minimum atomic E-state index is -0.895. The smallest absolute Gasteiger partial charge is 0.335 e. The van der Waals surface area contributed by atoms with Gasteiger partial charge in [0, 0.05) is 18.3 Å². The van der Waals surface area contributed by atoms with Crippen molar-refractivity contribution in [3.05, 3.63) is 41.7 Å². The Labute approximate surface area is 112 Å². The number of carbonyl (C=O) groups is 1. The number of carboxylic acids is 1. The van der Waals surface area contributed by atoms with Gasteiger partial charge in [0.05, 0.1) is 11.8 Å². The maximum Gasteiger partial charge on any atom is 0.335 e. The number of aromatic carboxylic acids is 1. The molecule has 0 aliphatic carbocycles. The predicted octanol–water partition coefficient (Wildman–Crippen LogP) is 3.21. The molecule has 1 N–H and O–H groups in total. The Kier molecular flexibility index (Phi) is 3.69. The second-order valence-corrected chi connectivity index (χ2v) is 5.13. The molecule has 0 saturated carbocycles. The van der Waals surface area contributed by atoms with Gasteiger partial charge >= 0.3 is 5.97 Å². The lowest BCUT2D eigenvalue weighted by Gasteiger charge is -2.07. The van der Waals surface area contributed by atoms with Gasteiger partial charge in [0.2, 0.25) is 0 Å². The molecule has 0 atom stereocenters. The summed E-state index contributed by atoms with van der Waals surface area (Å²) in [7, 11) is 0. The van der Waals surface area contributed by atoms with E-state index in [-0.39, 0.29) is 0 Å². The number of benzene rings is 1. The zero-order valence-electron chi connectivity index (χ0n) is 11.4. The van der Waals surface area contributed by atoms with E-state index in [1.807, 2.05) is 23.9 Å². The maximum absolute atomic E-state index is 11.1. The van der Waals surface area contributed by atoms with Crippen LogP contribution in [0.2, 0.25) is 0 Å². The fourth-order valence-corrected chi connectivity index (χ4v) is 2.16. The Hall–Kier alpha value is -2.10. The van der Waals surface area contributed by atoms with E-state index < -0.39 is 5.97 Å². The van der Waals surface area contributed by atoms with Crippen LogP contribution in [0, 0.1) is 12.8 Å². The lowest BCUT2D eigenvalue weighted by molar-refractivity contribution is 0.0696. The highest BCUT2D eigenvalue weighted by Gasteiger charge is 2.12. The highest BCUT2D eigenvalue weighted by molar-refractivity contribution is 5.91. The zero-order chi connectivity index (χ0) is 14.0. The van der Waals surface area contributed by atoms with E-state index in [0.717, 1.165) is 23.2 Å². The Morgan fingerprint density at radius 3 is 2.79 bits per heavy atom. The van der Waals surface area contributed by atoms with Crippen LogP contribution in [-0.2, 0) is 6.54 Å². The fourth-order valence-electron chi connectivity index (χ4n) is 2.16. The minimum absolute atomic E-state index is 0.342. The van der Waals surface area contributed by atoms with Gasteiger partial charge in [-0.1, -0.05) is 26.0 Å². The molecule has 4 heteroatoms. The van der Waals surface area contributed by atoms with Gasteiger partial charge < -0.3 is 5.11 Å². The van der Waals surface area contributed by atoms with Crippen molar-refractivity contribution in [3.63, 3.8) is 0 Å². The lowest BCUT2D eigenvalue weighted by Crippen LogP contribution is -2.04. The number of hydrogen-bond donors (Lipinski definition) is 1. The summed E-state index contributed by atoms with van der Waals surface area (Å²) in [6, 6.07) is 5.32. The molecule has 0 radical (unpaired) electrons. The monoisotopic (exact) mass is 258 g/mol. The first-order chi connectivity index (χ1) is 8.99. The van der Waals surface area contributed by atoms with Crippen LogP contribution >= 0.6 is 0 Å². The molecule has 19 heavy (non-hydrogen) atoms. The minimum Gasteiger partial charge on any atom is -0.478 e. The van der Waals surface area contributed by atoms with Gasteiger partial charge in [0.25, 0.3) is 0 Å². The Morgan fingerprint density at radius 1 is 1.42 bits per heavy atom.